The number of nitrogens with one attached hydrogen (secondary N) is 1. The van der Waals surface area contributed by atoms with Crippen LogP contribution in [0.15, 0.2) is 47.8 Å². The van der Waals surface area contributed by atoms with E-state index in [4.69, 9.17) is 14.5 Å². The fourth-order valence-electron chi connectivity index (χ4n) is 5.16. The maximum Gasteiger partial charge on any atom is 0.270 e. The van der Waals surface area contributed by atoms with Gasteiger partial charge < -0.3 is 19.7 Å². The topological polar surface area (TPSA) is 66.9 Å². The molecule has 1 atom stereocenters. The number of nitrogens with zero attached hydrogens (tertiary/aromatic N) is 3. The van der Waals surface area contributed by atoms with Crippen LogP contribution in [0.3, 0.4) is 0 Å². The second kappa shape index (κ2) is 12.7. The van der Waals surface area contributed by atoms with Gasteiger partial charge >= 0.3 is 0 Å². The number of hydrogen-bond donors (Lipinski definition) is 1. The van der Waals surface area contributed by atoms with Gasteiger partial charge in [-0.2, -0.15) is 0 Å². The maximum atomic E-state index is 12.8. The van der Waals surface area contributed by atoms with Gasteiger partial charge in [0.05, 0.1) is 6.54 Å². The van der Waals surface area contributed by atoms with E-state index in [-0.39, 0.29) is 12.7 Å². The lowest BCUT2D eigenvalue weighted by atomic mass is 10.0. The van der Waals surface area contributed by atoms with E-state index in [1.54, 1.807) is 11.3 Å². The number of aromatic nitrogens is 1. The smallest absolute Gasteiger partial charge is 0.270 e. The van der Waals surface area contributed by atoms with Gasteiger partial charge in [-0.15, -0.1) is 11.3 Å². The van der Waals surface area contributed by atoms with E-state index in [1.165, 1.54) is 36.9 Å². The summed E-state index contributed by atoms with van der Waals surface area (Å²) in [5.41, 5.74) is 4.15. The molecule has 5 rings (SSSR count). The Bertz CT molecular complexity index is 1210. The van der Waals surface area contributed by atoms with Crippen LogP contribution >= 0.6 is 11.3 Å². The molecule has 1 saturated heterocycles. The van der Waals surface area contributed by atoms with Crippen LogP contribution in [0.25, 0.3) is 0 Å². The van der Waals surface area contributed by atoms with Gasteiger partial charge in [-0.1, -0.05) is 42.3 Å². The molecule has 1 amide bonds. The van der Waals surface area contributed by atoms with E-state index in [9.17, 15) is 4.79 Å². The molecule has 38 heavy (non-hydrogen) atoms. The number of hydrogen-bond acceptors (Lipinski definition) is 7. The van der Waals surface area contributed by atoms with Crippen LogP contribution in [0.4, 0.5) is 0 Å². The first kappa shape index (κ1) is 26.7. The minimum absolute atomic E-state index is 0.0833. The molecule has 2 aliphatic rings. The van der Waals surface area contributed by atoms with Crippen LogP contribution in [-0.4, -0.2) is 53.2 Å². The first-order chi connectivity index (χ1) is 18.5. The third-order valence-corrected chi connectivity index (χ3v) is 8.20. The Morgan fingerprint density at radius 1 is 1.08 bits per heavy atom. The molecular formula is C30H38N4O3S. The van der Waals surface area contributed by atoms with Gasteiger partial charge in [0, 0.05) is 37.6 Å². The van der Waals surface area contributed by atoms with Crippen molar-refractivity contribution in [1.29, 1.82) is 0 Å². The van der Waals surface area contributed by atoms with E-state index in [1.807, 2.05) is 11.4 Å². The van der Waals surface area contributed by atoms with Crippen LogP contribution in [0.1, 0.15) is 64.8 Å². The monoisotopic (exact) mass is 534 g/mol. The molecule has 7 nitrogen and oxygen atoms in total. The third kappa shape index (κ3) is 7.12. The average molecular weight is 535 g/mol. The summed E-state index contributed by atoms with van der Waals surface area (Å²) < 4.78 is 11.1. The summed E-state index contributed by atoms with van der Waals surface area (Å²) in [6.45, 7) is 9.76. The summed E-state index contributed by atoms with van der Waals surface area (Å²) in [7, 11) is 0. The minimum Gasteiger partial charge on any atom is -0.454 e. The van der Waals surface area contributed by atoms with Crippen LogP contribution in [0.5, 0.6) is 11.5 Å². The van der Waals surface area contributed by atoms with Gasteiger partial charge in [-0.05, 0) is 62.9 Å². The first-order valence-corrected chi connectivity index (χ1v) is 14.5. The number of carbonyl (C=O) groups is 1. The molecule has 1 aromatic heterocycles. The Morgan fingerprint density at radius 3 is 2.71 bits per heavy atom. The zero-order valence-electron chi connectivity index (χ0n) is 22.4. The number of aryl methyl sites for hydroxylation is 1. The predicted molar refractivity (Wildman–Crippen MR) is 151 cm³/mol. The van der Waals surface area contributed by atoms with Gasteiger partial charge in [0.2, 0.25) is 6.79 Å². The van der Waals surface area contributed by atoms with Crippen molar-refractivity contribution in [2.75, 3.05) is 26.4 Å². The summed E-state index contributed by atoms with van der Waals surface area (Å²) in [6.07, 6.45) is 4.87. The predicted octanol–water partition coefficient (Wildman–Crippen LogP) is 5.38. The highest BCUT2D eigenvalue weighted by atomic mass is 32.1. The SMILES string of the molecule is Cc1ccc(CN(Cc2ccc3c(c2)OCO3)Cc2nc(C(=O)NCCCN3CCCCC3C)cs2)cc1. The molecule has 2 aromatic carbocycles. The highest BCUT2D eigenvalue weighted by Gasteiger charge is 2.19. The molecular weight excluding hydrogens is 496 g/mol. The maximum absolute atomic E-state index is 12.8. The van der Waals surface area contributed by atoms with Gasteiger partial charge in [0.25, 0.3) is 5.91 Å². The number of piperidine rings is 1. The Balaban J connectivity index is 1.18. The number of benzene rings is 2. The van der Waals surface area contributed by atoms with Crippen molar-refractivity contribution in [2.45, 2.75) is 65.2 Å². The largest absolute Gasteiger partial charge is 0.454 e. The normalized spacial score (nSPS) is 17.2. The van der Waals surface area contributed by atoms with Crippen molar-refractivity contribution in [3.05, 3.63) is 75.2 Å². The molecule has 3 aromatic rings. The lowest BCUT2D eigenvalue weighted by Gasteiger charge is -2.33. The molecule has 1 N–H and O–H groups in total. The summed E-state index contributed by atoms with van der Waals surface area (Å²) in [4.78, 5) is 22.3. The zero-order chi connectivity index (χ0) is 26.3. The number of rotatable bonds is 11. The molecule has 0 aliphatic carbocycles. The molecule has 0 saturated carbocycles. The summed E-state index contributed by atoms with van der Waals surface area (Å²) in [5.74, 6) is 1.50. The van der Waals surface area contributed by atoms with Gasteiger partial charge in [-0.3, -0.25) is 9.69 Å². The fraction of sp³-hybridized carbons (Fsp3) is 0.467. The van der Waals surface area contributed by atoms with Crippen LogP contribution < -0.4 is 14.8 Å². The summed E-state index contributed by atoms with van der Waals surface area (Å²) in [6, 6.07) is 15.4. The Kier molecular flexibility index (Phi) is 8.94. The van der Waals surface area contributed by atoms with Crippen molar-refractivity contribution >= 4 is 17.2 Å². The molecule has 2 aliphatic heterocycles. The Morgan fingerprint density at radius 2 is 1.87 bits per heavy atom. The molecule has 3 heterocycles. The number of carbonyl (C=O) groups excluding carboxylic acids is 1. The van der Waals surface area contributed by atoms with E-state index in [2.05, 4.69) is 65.4 Å². The standard InChI is InChI=1S/C30H38N4O3S/c1-22-7-9-24(10-8-22)17-33(18-25-11-12-27-28(16-25)37-21-36-27)19-29-32-26(20-38-29)30(35)31-13-5-15-34-14-4-3-6-23(34)2/h7-12,16,20,23H,3-6,13-15,17-19,21H2,1-2H3,(H,31,35). The second-order valence-electron chi connectivity index (χ2n) is 10.4. The van der Waals surface area contributed by atoms with Crippen molar-refractivity contribution in [2.24, 2.45) is 0 Å². The molecule has 0 spiro atoms. The van der Waals surface area contributed by atoms with E-state index < -0.39 is 0 Å². The van der Waals surface area contributed by atoms with Crippen LogP contribution in [0, 0.1) is 6.92 Å². The molecule has 8 heteroatoms. The van der Waals surface area contributed by atoms with Crippen molar-refractivity contribution in [3.63, 3.8) is 0 Å². The first-order valence-electron chi connectivity index (χ1n) is 13.7. The minimum atomic E-state index is -0.0833. The van der Waals surface area contributed by atoms with Crippen LogP contribution in [0.2, 0.25) is 0 Å². The van der Waals surface area contributed by atoms with E-state index in [0.717, 1.165) is 48.1 Å². The number of thiazole rings is 1. The number of amides is 1. The van der Waals surface area contributed by atoms with Crippen molar-refractivity contribution < 1.29 is 14.3 Å². The van der Waals surface area contributed by atoms with Crippen molar-refractivity contribution in [1.82, 2.24) is 20.1 Å². The van der Waals surface area contributed by atoms with Crippen molar-refractivity contribution in [3.8, 4) is 11.5 Å². The molecule has 202 valence electrons. The molecule has 1 unspecified atom stereocenters. The summed E-state index contributed by atoms with van der Waals surface area (Å²) in [5, 5.41) is 5.88. The number of likely N-dealkylation sites (tertiary alicyclic amines) is 1. The Labute approximate surface area is 229 Å². The number of fused-ring (bicyclic) bond motifs is 1. The van der Waals surface area contributed by atoms with Gasteiger partial charge in [0.1, 0.15) is 10.7 Å². The highest BCUT2D eigenvalue weighted by Crippen LogP contribution is 2.33. The Hall–Kier alpha value is -2.94. The van der Waals surface area contributed by atoms with Gasteiger partial charge in [0.15, 0.2) is 11.5 Å². The average Bonchev–Trinajstić information content (AvgIpc) is 3.58. The molecule has 1 fully saturated rings. The highest BCUT2D eigenvalue weighted by molar-refractivity contribution is 7.09. The van der Waals surface area contributed by atoms with E-state index >= 15 is 0 Å². The fourth-order valence-corrected chi connectivity index (χ4v) is 5.98. The van der Waals surface area contributed by atoms with E-state index in [0.29, 0.717) is 24.8 Å². The number of ether oxygens (including phenoxy) is 2. The zero-order valence-corrected chi connectivity index (χ0v) is 23.3. The summed E-state index contributed by atoms with van der Waals surface area (Å²) >= 11 is 1.55. The van der Waals surface area contributed by atoms with Crippen LogP contribution in [-0.2, 0) is 19.6 Å². The molecule has 0 radical (unpaired) electrons. The molecule has 0 bridgehead atoms. The lowest BCUT2D eigenvalue weighted by molar-refractivity contribution is 0.0944. The van der Waals surface area contributed by atoms with Gasteiger partial charge in [-0.25, -0.2) is 4.98 Å². The second-order valence-corrected chi connectivity index (χ2v) is 11.4. The third-order valence-electron chi connectivity index (χ3n) is 7.36. The lowest BCUT2D eigenvalue weighted by Crippen LogP contribution is -2.39. The quantitative estimate of drug-likeness (QED) is 0.333.